The topological polar surface area (TPSA) is 24.2 Å². The number of carbonyl (C=O) groups is 1. The summed E-state index contributed by atoms with van der Waals surface area (Å²) in [5.74, 6) is 0.248. The number of amides is 1. The van der Waals surface area contributed by atoms with Crippen molar-refractivity contribution < 1.29 is 9.36 Å². The van der Waals surface area contributed by atoms with Crippen molar-refractivity contribution in [3.8, 4) is 0 Å². The third-order valence-electron chi connectivity index (χ3n) is 4.13. The normalized spacial score (nSPS) is 13.9. The molecule has 2 aromatic rings. The van der Waals surface area contributed by atoms with Gasteiger partial charge in [-0.1, -0.05) is 24.3 Å². The molecule has 0 atom stereocenters. The maximum Gasteiger partial charge on any atom is 0.229 e. The number of hydrogen-bond acceptors (Lipinski definition) is 1. The van der Waals surface area contributed by atoms with E-state index in [-0.39, 0.29) is 5.91 Å². The van der Waals surface area contributed by atoms with E-state index < -0.39 is 0 Å². The fourth-order valence-corrected chi connectivity index (χ4v) is 2.77. The summed E-state index contributed by atoms with van der Waals surface area (Å²) in [5, 5.41) is 0. The van der Waals surface area contributed by atoms with E-state index in [0.29, 0.717) is 6.42 Å². The molecule has 0 saturated carbocycles. The van der Waals surface area contributed by atoms with Crippen molar-refractivity contribution in [2.75, 3.05) is 6.54 Å². The molecule has 1 amide bonds. The van der Waals surface area contributed by atoms with Crippen molar-refractivity contribution in [3.63, 3.8) is 0 Å². The number of fused-ring (bicyclic) bond motifs is 1. The molecule has 0 spiro atoms. The Morgan fingerprint density at radius 3 is 2.62 bits per heavy atom. The van der Waals surface area contributed by atoms with Gasteiger partial charge < -0.3 is 4.90 Å². The first-order valence-corrected chi connectivity index (χ1v) is 7.52. The van der Waals surface area contributed by atoms with Gasteiger partial charge in [-0.15, -0.1) is 0 Å². The van der Waals surface area contributed by atoms with E-state index in [1.165, 1.54) is 16.7 Å². The molecule has 1 aromatic heterocycles. The second-order valence-corrected chi connectivity index (χ2v) is 5.70. The van der Waals surface area contributed by atoms with Gasteiger partial charge in [0.05, 0.1) is 6.42 Å². The van der Waals surface area contributed by atoms with Crippen LogP contribution in [-0.4, -0.2) is 17.4 Å². The molecule has 0 radical (unpaired) electrons. The molecule has 0 unspecified atom stereocenters. The summed E-state index contributed by atoms with van der Waals surface area (Å²) in [6.07, 6.45) is 5.61. The zero-order valence-electron chi connectivity index (χ0n) is 12.5. The van der Waals surface area contributed by atoms with E-state index in [1.807, 2.05) is 17.3 Å². The Bertz CT molecular complexity index is 634. The average Bonchev–Trinajstić information content (AvgIpc) is 2.53. The highest BCUT2D eigenvalue weighted by Gasteiger charge is 2.20. The molecule has 1 aromatic carbocycles. The van der Waals surface area contributed by atoms with Gasteiger partial charge in [-0.05, 0) is 30.0 Å². The lowest BCUT2D eigenvalue weighted by molar-refractivity contribution is -0.696. The molecule has 2 heterocycles. The Morgan fingerprint density at radius 1 is 1.14 bits per heavy atom. The lowest BCUT2D eigenvalue weighted by atomic mass is 10.00. The smallest absolute Gasteiger partial charge is 0.229 e. The minimum absolute atomic E-state index is 0.248. The first-order chi connectivity index (χ1) is 10.2. The Labute approximate surface area is 125 Å². The quantitative estimate of drug-likeness (QED) is 0.792. The number of rotatable bonds is 3. The van der Waals surface area contributed by atoms with Crippen LogP contribution in [0.25, 0.3) is 0 Å². The Morgan fingerprint density at radius 2 is 1.86 bits per heavy atom. The minimum atomic E-state index is 0.248. The molecular formula is C18H21N2O+. The molecule has 108 valence electrons. The van der Waals surface area contributed by atoms with Crippen LogP contribution in [0.1, 0.15) is 23.1 Å². The summed E-state index contributed by atoms with van der Waals surface area (Å²) in [6.45, 7) is 4.42. The van der Waals surface area contributed by atoms with Crippen LogP contribution in [0.4, 0.5) is 0 Å². The maximum atomic E-state index is 12.4. The lowest BCUT2D eigenvalue weighted by Crippen LogP contribution is -2.40. The average molecular weight is 281 g/mol. The summed E-state index contributed by atoms with van der Waals surface area (Å²) >= 11 is 0. The van der Waals surface area contributed by atoms with Crippen LogP contribution in [0.15, 0.2) is 48.8 Å². The van der Waals surface area contributed by atoms with Gasteiger partial charge >= 0.3 is 0 Å². The van der Waals surface area contributed by atoms with Gasteiger partial charge in [0, 0.05) is 25.2 Å². The zero-order valence-corrected chi connectivity index (χ0v) is 12.5. The summed E-state index contributed by atoms with van der Waals surface area (Å²) in [4.78, 5) is 14.3. The Balaban J connectivity index is 1.58. The van der Waals surface area contributed by atoms with Crippen LogP contribution in [0.5, 0.6) is 0 Å². The van der Waals surface area contributed by atoms with Crippen LogP contribution >= 0.6 is 0 Å². The number of hydrogen-bond donors (Lipinski definition) is 0. The second kappa shape index (κ2) is 6.08. The van der Waals surface area contributed by atoms with Gasteiger partial charge in [-0.3, -0.25) is 4.79 Å². The van der Waals surface area contributed by atoms with Crippen LogP contribution in [0.2, 0.25) is 0 Å². The number of carbonyl (C=O) groups excluding carboxylic acids is 1. The van der Waals surface area contributed by atoms with E-state index in [2.05, 4.69) is 47.9 Å². The van der Waals surface area contributed by atoms with Gasteiger partial charge in [-0.25, -0.2) is 4.57 Å². The van der Waals surface area contributed by atoms with E-state index in [1.54, 1.807) is 0 Å². The molecule has 1 aliphatic rings. The van der Waals surface area contributed by atoms with Gasteiger partial charge in [0.2, 0.25) is 5.91 Å². The third kappa shape index (κ3) is 3.30. The Hall–Kier alpha value is -2.16. The molecule has 21 heavy (non-hydrogen) atoms. The van der Waals surface area contributed by atoms with Gasteiger partial charge in [-0.2, -0.15) is 0 Å². The number of aromatic nitrogens is 1. The summed E-state index contributed by atoms with van der Waals surface area (Å²) in [5.41, 5.74) is 3.92. The van der Waals surface area contributed by atoms with E-state index in [4.69, 9.17) is 0 Å². The summed E-state index contributed by atoms with van der Waals surface area (Å²) in [6, 6.07) is 12.6. The molecule has 0 bridgehead atoms. The summed E-state index contributed by atoms with van der Waals surface area (Å²) < 4.78 is 2.07. The lowest BCUT2D eigenvalue weighted by Gasteiger charge is -2.28. The van der Waals surface area contributed by atoms with Crippen molar-refractivity contribution >= 4 is 5.91 Å². The molecule has 1 aliphatic heterocycles. The zero-order chi connectivity index (χ0) is 14.7. The van der Waals surface area contributed by atoms with Crippen LogP contribution in [0, 0.1) is 6.92 Å². The van der Waals surface area contributed by atoms with Crippen molar-refractivity contribution in [3.05, 3.63) is 65.5 Å². The minimum Gasteiger partial charge on any atom is -0.338 e. The van der Waals surface area contributed by atoms with Crippen molar-refractivity contribution in [2.45, 2.75) is 32.9 Å². The van der Waals surface area contributed by atoms with Crippen molar-refractivity contribution in [2.24, 2.45) is 0 Å². The fraction of sp³-hybridized carbons (Fsp3) is 0.333. The monoisotopic (exact) mass is 281 g/mol. The maximum absolute atomic E-state index is 12.4. The third-order valence-corrected chi connectivity index (χ3v) is 4.13. The van der Waals surface area contributed by atoms with Gasteiger partial charge in [0.1, 0.15) is 0 Å². The first-order valence-electron chi connectivity index (χ1n) is 7.52. The van der Waals surface area contributed by atoms with E-state index in [0.717, 1.165) is 26.1 Å². The predicted molar refractivity (Wildman–Crippen MR) is 81.6 cm³/mol. The highest BCUT2D eigenvalue weighted by atomic mass is 16.2. The molecule has 0 aliphatic carbocycles. The van der Waals surface area contributed by atoms with Crippen molar-refractivity contribution in [1.29, 1.82) is 0 Å². The molecule has 0 N–H and O–H groups in total. The Kier molecular flexibility index (Phi) is 4.00. The molecular weight excluding hydrogens is 260 g/mol. The van der Waals surface area contributed by atoms with E-state index in [9.17, 15) is 4.79 Å². The molecule has 3 nitrogen and oxygen atoms in total. The number of pyridine rings is 1. The van der Waals surface area contributed by atoms with Crippen LogP contribution in [-0.2, 0) is 24.3 Å². The largest absolute Gasteiger partial charge is 0.338 e. The molecule has 3 rings (SSSR count). The predicted octanol–water partition coefficient (Wildman–Crippen LogP) is 2.26. The van der Waals surface area contributed by atoms with Gasteiger partial charge in [0.15, 0.2) is 18.9 Å². The standard InChI is InChI=1S/C18H21N2O/c1-15-6-10-19(11-7-15)12-9-18(21)20-13-8-16-4-2-3-5-17(16)14-20/h2-7,10-11H,8-9,12-14H2,1H3/q+1. The summed E-state index contributed by atoms with van der Waals surface area (Å²) in [7, 11) is 0. The van der Waals surface area contributed by atoms with E-state index >= 15 is 0 Å². The molecule has 0 saturated heterocycles. The van der Waals surface area contributed by atoms with Gasteiger partial charge in [0.25, 0.3) is 0 Å². The second-order valence-electron chi connectivity index (χ2n) is 5.70. The highest BCUT2D eigenvalue weighted by Crippen LogP contribution is 2.18. The van der Waals surface area contributed by atoms with Crippen LogP contribution < -0.4 is 4.57 Å². The molecule has 0 fully saturated rings. The van der Waals surface area contributed by atoms with Crippen molar-refractivity contribution in [1.82, 2.24) is 4.90 Å². The molecule has 3 heteroatoms. The number of nitrogens with zero attached hydrogens (tertiary/aromatic N) is 2. The number of aryl methyl sites for hydroxylation is 2. The number of benzene rings is 1. The first kappa shape index (κ1) is 13.8. The fourth-order valence-electron chi connectivity index (χ4n) is 2.77. The highest BCUT2D eigenvalue weighted by molar-refractivity contribution is 5.76. The van der Waals surface area contributed by atoms with Crippen LogP contribution in [0.3, 0.4) is 0 Å². The SMILES string of the molecule is Cc1cc[n+](CCC(=O)N2CCc3ccccc3C2)cc1.